The van der Waals surface area contributed by atoms with Crippen molar-refractivity contribution in [2.45, 2.75) is 6.42 Å². The third kappa shape index (κ3) is 1.61. The van der Waals surface area contributed by atoms with E-state index in [2.05, 4.69) is 0 Å². The number of hydrogen-bond acceptors (Lipinski definition) is 6. The maximum atomic E-state index is 13.0. The van der Waals surface area contributed by atoms with Crippen LogP contribution >= 0.6 is 0 Å². The zero-order valence-electron chi connectivity index (χ0n) is 15.3. The van der Waals surface area contributed by atoms with Crippen molar-refractivity contribution in [2.75, 3.05) is 32.5 Å². The van der Waals surface area contributed by atoms with Crippen LogP contribution in [0.5, 0.6) is 23.0 Å². The lowest BCUT2D eigenvalue weighted by molar-refractivity contribution is -0.114. The minimum Gasteiger partial charge on any atom is -0.493 e. The average Bonchev–Trinajstić information content (AvgIpc) is 3.28. The molecule has 0 aromatic heterocycles. The van der Waals surface area contributed by atoms with Gasteiger partial charge in [0.2, 0.25) is 6.79 Å². The smallest absolute Gasteiger partial charge is 0.299 e. The molecule has 1 amide bonds. The molecule has 0 spiro atoms. The van der Waals surface area contributed by atoms with Crippen LogP contribution in [0.25, 0.3) is 21.5 Å². The van der Waals surface area contributed by atoms with Crippen molar-refractivity contribution in [2.24, 2.45) is 0 Å². The van der Waals surface area contributed by atoms with Gasteiger partial charge in [-0.1, -0.05) is 0 Å². The first-order chi connectivity index (χ1) is 13.7. The van der Waals surface area contributed by atoms with Crippen LogP contribution in [-0.2, 0) is 11.2 Å². The number of amides is 1. The summed E-state index contributed by atoms with van der Waals surface area (Å²) in [5.41, 5.74) is 2.07. The second-order valence-corrected chi connectivity index (χ2v) is 7.00. The quantitative estimate of drug-likeness (QED) is 0.505. The third-order valence-electron chi connectivity index (χ3n) is 5.82. The molecule has 7 heteroatoms. The van der Waals surface area contributed by atoms with Gasteiger partial charge in [-0.15, -0.1) is 0 Å². The van der Waals surface area contributed by atoms with Crippen molar-refractivity contribution in [3.63, 3.8) is 0 Å². The minimum absolute atomic E-state index is 0.140. The Labute approximate surface area is 159 Å². The summed E-state index contributed by atoms with van der Waals surface area (Å²) < 4.78 is 22.5. The molecule has 3 aromatic carbocycles. The van der Waals surface area contributed by atoms with Crippen molar-refractivity contribution < 1.29 is 28.5 Å². The molecule has 6 rings (SSSR count). The Morgan fingerprint density at radius 3 is 2.68 bits per heavy atom. The van der Waals surface area contributed by atoms with Crippen LogP contribution in [0.4, 0.5) is 5.69 Å². The topological polar surface area (TPSA) is 74.3 Å². The fraction of sp³-hybridized carbons (Fsp3) is 0.238. The highest BCUT2D eigenvalue weighted by atomic mass is 16.7. The highest BCUT2D eigenvalue weighted by Crippen LogP contribution is 2.55. The van der Waals surface area contributed by atoms with Gasteiger partial charge >= 0.3 is 0 Å². The number of benzene rings is 3. The van der Waals surface area contributed by atoms with Gasteiger partial charge in [-0.05, 0) is 35.6 Å². The molecule has 0 unspecified atom stereocenters. The first-order valence-corrected chi connectivity index (χ1v) is 8.97. The number of nitrogens with zero attached hydrogens (tertiary/aromatic N) is 1. The van der Waals surface area contributed by atoms with Crippen LogP contribution in [0.2, 0.25) is 0 Å². The monoisotopic (exact) mass is 377 g/mol. The lowest BCUT2D eigenvalue weighted by Crippen LogP contribution is -2.33. The molecule has 0 N–H and O–H groups in total. The zero-order chi connectivity index (χ0) is 19.2. The fourth-order valence-corrected chi connectivity index (χ4v) is 4.71. The number of ketones is 1. The van der Waals surface area contributed by atoms with E-state index < -0.39 is 11.7 Å². The molecule has 0 fully saturated rings. The molecule has 0 saturated carbocycles. The van der Waals surface area contributed by atoms with Gasteiger partial charge in [0, 0.05) is 22.7 Å². The second-order valence-electron chi connectivity index (χ2n) is 7.00. The highest BCUT2D eigenvalue weighted by Gasteiger charge is 2.43. The molecular weight excluding hydrogens is 362 g/mol. The summed E-state index contributed by atoms with van der Waals surface area (Å²) in [7, 11) is 3.07. The summed E-state index contributed by atoms with van der Waals surface area (Å²) in [6.07, 6.45) is 0.650. The van der Waals surface area contributed by atoms with Crippen LogP contribution in [0.3, 0.4) is 0 Å². The van der Waals surface area contributed by atoms with Gasteiger partial charge in [-0.2, -0.15) is 0 Å². The number of anilines is 1. The lowest BCUT2D eigenvalue weighted by atomic mass is 9.88. The molecule has 0 saturated heterocycles. The highest BCUT2D eigenvalue weighted by molar-refractivity contribution is 6.57. The maximum absolute atomic E-state index is 13.0. The first kappa shape index (κ1) is 15.6. The summed E-state index contributed by atoms with van der Waals surface area (Å²) in [6.45, 7) is 0.596. The summed E-state index contributed by atoms with van der Waals surface area (Å²) in [4.78, 5) is 27.3. The number of fused-ring (bicyclic) bond motifs is 5. The lowest BCUT2D eigenvalue weighted by Gasteiger charge is -2.27. The SMILES string of the molecule is COc1ccc2c(c1OC)c1c3c4c(cc5c(c42)OCO5)CCN3C(=O)C1=O. The number of carbonyl (C=O) groups is 2. The average molecular weight is 377 g/mol. The molecule has 3 heterocycles. The van der Waals surface area contributed by atoms with Gasteiger partial charge in [0.1, 0.15) is 0 Å². The third-order valence-corrected chi connectivity index (χ3v) is 5.82. The van der Waals surface area contributed by atoms with Gasteiger partial charge < -0.3 is 23.8 Å². The summed E-state index contributed by atoms with van der Waals surface area (Å²) >= 11 is 0. The standard InChI is InChI=1S/C21H15NO6/c1-25-11-4-3-10-14-13-9(7-12-20(14)28-8-27-12)5-6-22-17(13)16(18(23)21(22)24)15(10)19(11)26-2/h3-4,7H,5-6,8H2,1-2H3. The van der Waals surface area contributed by atoms with E-state index in [0.717, 1.165) is 21.7 Å². The van der Waals surface area contributed by atoms with E-state index in [1.165, 1.54) is 7.11 Å². The molecule has 28 heavy (non-hydrogen) atoms. The normalized spacial score (nSPS) is 16.4. The van der Waals surface area contributed by atoms with Crippen LogP contribution < -0.4 is 23.8 Å². The predicted octanol–water partition coefficient (Wildman–Crippen LogP) is 2.82. The Balaban J connectivity index is 1.95. The predicted molar refractivity (Wildman–Crippen MR) is 101 cm³/mol. The summed E-state index contributed by atoms with van der Waals surface area (Å²) in [5, 5.41) is 3.07. The van der Waals surface area contributed by atoms with Crippen LogP contribution in [0.1, 0.15) is 15.9 Å². The van der Waals surface area contributed by atoms with Crippen molar-refractivity contribution in [1.82, 2.24) is 0 Å². The maximum Gasteiger partial charge on any atom is 0.299 e. The molecular formula is C21H15NO6. The Morgan fingerprint density at radius 1 is 1.04 bits per heavy atom. The van der Waals surface area contributed by atoms with Gasteiger partial charge in [-0.25, -0.2) is 0 Å². The van der Waals surface area contributed by atoms with Crippen molar-refractivity contribution in [3.05, 3.63) is 29.3 Å². The van der Waals surface area contributed by atoms with Crippen LogP contribution in [-0.4, -0.2) is 39.2 Å². The molecule has 3 aliphatic rings. The molecule has 140 valence electrons. The van der Waals surface area contributed by atoms with E-state index in [1.54, 1.807) is 18.1 Å². The Hall–Kier alpha value is -3.48. The summed E-state index contributed by atoms with van der Waals surface area (Å²) in [6, 6.07) is 5.64. The van der Waals surface area contributed by atoms with E-state index in [-0.39, 0.29) is 6.79 Å². The Kier molecular flexibility index (Phi) is 2.82. The molecule has 3 aliphatic heterocycles. The number of carbonyl (C=O) groups excluding carboxylic acids is 2. The zero-order valence-corrected chi connectivity index (χ0v) is 15.3. The Bertz CT molecular complexity index is 1260. The number of rotatable bonds is 2. The number of ether oxygens (including phenoxy) is 4. The van der Waals surface area contributed by atoms with Gasteiger partial charge in [0.05, 0.1) is 25.5 Å². The van der Waals surface area contributed by atoms with E-state index in [1.807, 2.05) is 12.1 Å². The molecule has 0 atom stereocenters. The molecule has 0 radical (unpaired) electrons. The summed E-state index contributed by atoms with van der Waals surface area (Å²) in [5.74, 6) is 1.23. The van der Waals surface area contributed by atoms with Gasteiger partial charge in [0.25, 0.3) is 11.7 Å². The van der Waals surface area contributed by atoms with E-state index in [4.69, 9.17) is 18.9 Å². The Morgan fingerprint density at radius 2 is 1.89 bits per heavy atom. The largest absolute Gasteiger partial charge is 0.493 e. The second kappa shape index (κ2) is 5.07. The van der Waals surface area contributed by atoms with E-state index in [0.29, 0.717) is 52.6 Å². The van der Waals surface area contributed by atoms with Crippen molar-refractivity contribution in [3.8, 4) is 23.0 Å². The molecule has 3 aromatic rings. The van der Waals surface area contributed by atoms with E-state index >= 15 is 0 Å². The molecule has 0 aliphatic carbocycles. The fourth-order valence-electron chi connectivity index (χ4n) is 4.71. The van der Waals surface area contributed by atoms with Gasteiger partial charge in [0.15, 0.2) is 23.0 Å². The van der Waals surface area contributed by atoms with Crippen LogP contribution in [0, 0.1) is 0 Å². The molecule has 0 bridgehead atoms. The number of methoxy groups -OCH3 is 2. The number of hydrogen-bond donors (Lipinski definition) is 0. The number of Topliss-reactive ketones (excluding diaryl/α,β-unsaturated/α-hetero) is 1. The minimum atomic E-state index is -0.515. The van der Waals surface area contributed by atoms with Crippen molar-refractivity contribution >= 4 is 38.9 Å². The molecule has 7 nitrogen and oxygen atoms in total. The van der Waals surface area contributed by atoms with Crippen molar-refractivity contribution in [1.29, 1.82) is 0 Å². The van der Waals surface area contributed by atoms with Crippen LogP contribution in [0.15, 0.2) is 18.2 Å². The van der Waals surface area contributed by atoms with Gasteiger partial charge in [-0.3, -0.25) is 9.59 Å². The first-order valence-electron chi connectivity index (χ1n) is 8.97. The van der Waals surface area contributed by atoms with E-state index in [9.17, 15) is 9.59 Å².